The SMILES string of the molecule is O=C(Cc1cccc(C(F)(F)F)c1)C1CCNCC1. The summed E-state index contributed by atoms with van der Waals surface area (Å²) < 4.78 is 37.7. The van der Waals surface area contributed by atoms with E-state index in [1.165, 1.54) is 6.07 Å². The van der Waals surface area contributed by atoms with Crippen LogP contribution in [-0.2, 0) is 17.4 Å². The Balaban J connectivity index is 2.04. The number of hydrogen-bond acceptors (Lipinski definition) is 2. The first-order valence-corrected chi connectivity index (χ1v) is 6.36. The fourth-order valence-corrected chi connectivity index (χ4v) is 2.35. The lowest BCUT2D eigenvalue weighted by Gasteiger charge is -2.21. The molecule has 1 heterocycles. The van der Waals surface area contributed by atoms with E-state index in [1.807, 2.05) is 0 Å². The summed E-state index contributed by atoms with van der Waals surface area (Å²) in [6.45, 7) is 1.61. The average molecular weight is 271 g/mol. The molecule has 1 N–H and O–H groups in total. The number of ketones is 1. The zero-order valence-electron chi connectivity index (χ0n) is 10.5. The number of Topliss-reactive ketones (excluding diaryl/α,β-unsaturated/α-hetero) is 1. The fourth-order valence-electron chi connectivity index (χ4n) is 2.35. The average Bonchev–Trinajstić information content (AvgIpc) is 2.39. The van der Waals surface area contributed by atoms with Crippen molar-refractivity contribution in [3.63, 3.8) is 0 Å². The Labute approximate surface area is 110 Å². The highest BCUT2D eigenvalue weighted by atomic mass is 19.4. The molecule has 5 heteroatoms. The Kier molecular flexibility index (Phi) is 4.24. The summed E-state index contributed by atoms with van der Waals surface area (Å²) in [5.41, 5.74) is -0.249. The van der Waals surface area contributed by atoms with E-state index in [2.05, 4.69) is 5.32 Å². The van der Waals surface area contributed by atoms with Crippen molar-refractivity contribution in [3.8, 4) is 0 Å². The standard InChI is InChI=1S/C14H16F3NO/c15-14(16,17)12-3-1-2-10(8-12)9-13(19)11-4-6-18-7-5-11/h1-3,8,11,18H,4-7,9H2. The molecule has 0 amide bonds. The summed E-state index contributed by atoms with van der Waals surface area (Å²) in [5, 5.41) is 3.16. The third-order valence-electron chi connectivity index (χ3n) is 3.43. The normalized spacial score (nSPS) is 17.4. The van der Waals surface area contributed by atoms with Crippen LogP contribution in [-0.4, -0.2) is 18.9 Å². The van der Waals surface area contributed by atoms with Gasteiger partial charge in [0.1, 0.15) is 5.78 Å². The van der Waals surface area contributed by atoms with Gasteiger partial charge in [-0.05, 0) is 37.6 Å². The summed E-state index contributed by atoms with van der Waals surface area (Å²) in [6, 6.07) is 5.03. The first-order chi connectivity index (χ1) is 8.97. The number of hydrogen-bond donors (Lipinski definition) is 1. The van der Waals surface area contributed by atoms with E-state index in [4.69, 9.17) is 0 Å². The van der Waals surface area contributed by atoms with Crippen LogP contribution in [0.2, 0.25) is 0 Å². The van der Waals surface area contributed by atoms with E-state index in [1.54, 1.807) is 6.07 Å². The molecule has 0 atom stereocenters. The van der Waals surface area contributed by atoms with Gasteiger partial charge in [-0.2, -0.15) is 13.2 Å². The van der Waals surface area contributed by atoms with Crippen LogP contribution in [0.15, 0.2) is 24.3 Å². The first-order valence-electron chi connectivity index (χ1n) is 6.36. The summed E-state index contributed by atoms with van der Waals surface area (Å²) in [7, 11) is 0. The van der Waals surface area contributed by atoms with Gasteiger partial charge in [-0.15, -0.1) is 0 Å². The summed E-state index contributed by atoms with van der Waals surface area (Å²) in [5.74, 6) is 0.0246. The third kappa shape index (κ3) is 3.80. The van der Waals surface area contributed by atoms with E-state index in [0.717, 1.165) is 38.1 Å². The van der Waals surface area contributed by atoms with E-state index >= 15 is 0 Å². The number of carbonyl (C=O) groups is 1. The van der Waals surface area contributed by atoms with Crippen LogP contribution in [0.5, 0.6) is 0 Å². The lowest BCUT2D eigenvalue weighted by Crippen LogP contribution is -2.32. The van der Waals surface area contributed by atoms with Crippen molar-refractivity contribution < 1.29 is 18.0 Å². The lowest BCUT2D eigenvalue weighted by molar-refractivity contribution is -0.137. The molecule has 0 spiro atoms. The topological polar surface area (TPSA) is 29.1 Å². The van der Waals surface area contributed by atoms with E-state index in [9.17, 15) is 18.0 Å². The van der Waals surface area contributed by atoms with Crippen LogP contribution in [0, 0.1) is 5.92 Å². The second-order valence-electron chi connectivity index (χ2n) is 4.87. The van der Waals surface area contributed by atoms with Crippen LogP contribution in [0.25, 0.3) is 0 Å². The number of benzene rings is 1. The highest BCUT2D eigenvalue weighted by molar-refractivity contribution is 5.83. The molecule has 0 saturated carbocycles. The van der Waals surface area contributed by atoms with Crippen molar-refractivity contribution in [1.82, 2.24) is 5.32 Å². The molecule has 19 heavy (non-hydrogen) atoms. The molecule has 2 rings (SSSR count). The predicted molar refractivity (Wildman–Crippen MR) is 65.7 cm³/mol. The molecule has 1 aliphatic heterocycles. The lowest BCUT2D eigenvalue weighted by atomic mass is 9.90. The van der Waals surface area contributed by atoms with Gasteiger partial charge in [0.05, 0.1) is 5.56 Å². The summed E-state index contributed by atoms with van der Waals surface area (Å²) in [6.07, 6.45) is -2.71. The van der Waals surface area contributed by atoms with E-state index in [-0.39, 0.29) is 18.1 Å². The Morgan fingerprint density at radius 1 is 1.26 bits per heavy atom. The van der Waals surface area contributed by atoms with Gasteiger partial charge in [-0.1, -0.05) is 18.2 Å². The van der Waals surface area contributed by atoms with Crippen LogP contribution < -0.4 is 5.32 Å². The van der Waals surface area contributed by atoms with Gasteiger partial charge in [-0.25, -0.2) is 0 Å². The van der Waals surface area contributed by atoms with Gasteiger partial charge in [0, 0.05) is 12.3 Å². The molecule has 1 aromatic rings. The van der Waals surface area contributed by atoms with Crippen molar-refractivity contribution in [2.75, 3.05) is 13.1 Å². The number of halogens is 3. The Morgan fingerprint density at radius 3 is 2.58 bits per heavy atom. The minimum atomic E-state index is -4.35. The zero-order chi connectivity index (χ0) is 13.9. The molecular formula is C14H16F3NO. The molecule has 1 aromatic carbocycles. The van der Waals surface area contributed by atoms with Crippen molar-refractivity contribution in [3.05, 3.63) is 35.4 Å². The molecule has 1 fully saturated rings. The molecule has 0 bridgehead atoms. The number of nitrogens with one attached hydrogen (secondary N) is 1. The fraction of sp³-hybridized carbons (Fsp3) is 0.500. The maximum absolute atomic E-state index is 12.6. The number of carbonyl (C=O) groups excluding carboxylic acids is 1. The van der Waals surface area contributed by atoms with Gasteiger partial charge in [0.2, 0.25) is 0 Å². The number of alkyl halides is 3. The van der Waals surface area contributed by atoms with Crippen molar-refractivity contribution in [1.29, 1.82) is 0 Å². The molecule has 1 aliphatic rings. The Morgan fingerprint density at radius 2 is 1.95 bits per heavy atom. The van der Waals surface area contributed by atoms with Crippen LogP contribution in [0.3, 0.4) is 0 Å². The van der Waals surface area contributed by atoms with Gasteiger partial charge >= 0.3 is 6.18 Å². The number of rotatable bonds is 3. The van der Waals surface area contributed by atoms with Crippen LogP contribution in [0.1, 0.15) is 24.0 Å². The molecule has 2 nitrogen and oxygen atoms in total. The van der Waals surface area contributed by atoms with Crippen molar-refractivity contribution in [2.24, 2.45) is 5.92 Å². The molecule has 0 radical (unpaired) electrons. The van der Waals surface area contributed by atoms with Gasteiger partial charge in [0.15, 0.2) is 0 Å². The highest BCUT2D eigenvalue weighted by Gasteiger charge is 2.30. The van der Waals surface area contributed by atoms with Crippen molar-refractivity contribution >= 4 is 5.78 Å². The van der Waals surface area contributed by atoms with Gasteiger partial charge in [-0.3, -0.25) is 4.79 Å². The second kappa shape index (κ2) is 5.74. The van der Waals surface area contributed by atoms with Crippen molar-refractivity contribution in [2.45, 2.75) is 25.4 Å². The second-order valence-corrected chi connectivity index (χ2v) is 4.87. The Hall–Kier alpha value is -1.36. The first kappa shape index (κ1) is 14.1. The van der Waals surface area contributed by atoms with E-state index in [0.29, 0.717) is 5.56 Å². The minimum absolute atomic E-state index is 0.0178. The molecule has 104 valence electrons. The van der Waals surface area contributed by atoms with Crippen LogP contribution in [0.4, 0.5) is 13.2 Å². The quantitative estimate of drug-likeness (QED) is 0.916. The summed E-state index contributed by atoms with van der Waals surface area (Å²) >= 11 is 0. The summed E-state index contributed by atoms with van der Waals surface area (Å²) in [4.78, 5) is 12.0. The maximum Gasteiger partial charge on any atom is 0.416 e. The Bertz CT molecular complexity index is 450. The molecule has 0 unspecified atom stereocenters. The maximum atomic E-state index is 12.6. The largest absolute Gasteiger partial charge is 0.416 e. The molecule has 1 saturated heterocycles. The van der Waals surface area contributed by atoms with Crippen LogP contribution >= 0.6 is 0 Å². The monoisotopic (exact) mass is 271 g/mol. The predicted octanol–water partition coefficient (Wildman–Crippen LogP) is 2.82. The van der Waals surface area contributed by atoms with E-state index < -0.39 is 11.7 Å². The molecular weight excluding hydrogens is 255 g/mol. The third-order valence-corrected chi connectivity index (χ3v) is 3.43. The smallest absolute Gasteiger partial charge is 0.317 e. The molecule has 0 aromatic heterocycles. The van der Waals surface area contributed by atoms with Gasteiger partial charge in [0.25, 0.3) is 0 Å². The molecule has 0 aliphatic carbocycles. The zero-order valence-corrected chi connectivity index (χ0v) is 10.5. The number of piperidine rings is 1. The minimum Gasteiger partial charge on any atom is -0.317 e. The van der Waals surface area contributed by atoms with Gasteiger partial charge < -0.3 is 5.32 Å². The highest BCUT2D eigenvalue weighted by Crippen LogP contribution is 2.29.